The van der Waals surface area contributed by atoms with E-state index >= 15 is 0 Å². The molecule has 0 aliphatic carbocycles. The smallest absolute Gasteiger partial charge is 0.330 e. The first-order valence-corrected chi connectivity index (χ1v) is 18.4. The SMILES string of the molecule is Cc1ccc(S(=O)(=O)OC[C@]2(CO)O[C@@H](n3cc(C)c(=O)[nH]c3=O)C[C@@H]2O[Si](c2ccccc2)(c2ccccc2)C(C)(C)C)cc1. The molecule has 3 aromatic carbocycles. The quantitative estimate of drug-likeness (QED) is 0.195. The van der Waals surface area contributed by atoms with Gasteiger partial charge in [-0.05, 0) is 41.4 Å². The van der Waals surface area contributed by atoms with Crippen LogP contribution in [0.5, 0.6) is 0 Å². The first-order valence-electron chi connectivity index (χ1n) is 15.1. The molecule has 3 atom stereocenters. The van der Waals surface area contributed by atoms with E-state index in [0.29, 0.717) is 0 Å². The summed E-state index contributed by atoms with van der Waals surface area (Å²) >= 11 is 0. The predicted octanol–water partition coefficient (Wildman–Crippen LogP) is 3.15. The number of nitrogens with zero attached hydrogens (tertiary/aromatic N) is 1. The zero-order chi connectivity index (χ0) is 33.3. The summed E-state index contributed by atoms with van der Waals surface area (Å²) < 4.78 is 47.4. The van der Waals surface area contributed by atoms with E-state index < -0.39 is 65.9 Å². The van der Waals surface area contributed by atoms with Crippen molar-refractivity contribution in [3.8, 4) is 0 Å². The van der Waals surface area contributed by atoms with E-state index in [-0.39, 0.29) is 16.9 Å². The molecule has 1 saturated heterocycles. The fraction of sp³-hybridized carbons (Fsp3) is 0.353. The van der Waals surface area contributed by atoms with Crippen molar-refractivity contribution in [2.24, 2.45) is 0 Å². The Bertz CT molecular complexity index is 1850. The molecule has 0 amide bonds. The van der Waals surface area contributed by atoms with Crippen molar-refractivity contribution >= 4 is 28.8 Å². The lowest BCUT2D eigenvalue weighted by Crippen LogP contribution is -2.69. The van der Waals surface area contributed by atoms with Gasteiger partial charge in [-0.2, -0.15) is 8.42 Å². The van der Waals surface area contributed by atoms with Gasteiger partial charge in [-0.1, -0.05) is 99.1 Å². The molecule has 12 heteroatoms. The number of nitrogens with one attached hydrogen (secondary N) is 1. The van der Waals surface area contributed by atoms with Crippen LogP contribution in [-0.4, -0.2) is 56.3 Å². The zero-order valence-corrected chi connectivity index (χ0v) is 28.4. The number of hydrogen-bond acceptors (Lipinski definition) is 8. The van der Waals surface area contributed by atoms with E-state index in [4.69, 9.17) is 13.3 Å². The summed E-state index contributed by atoms with van der Waals surface area (Å²) in [4.78, 5) is 27.4. The van der Waals surface area contributed by atoms with E-state index in [1.807, 2.05) is 67.6 Å². The fourth-order valence-electron chi connectivity index (χ4n) is 6.09. The molecule has 1 aliphatic rings. The predicted molar refractivity (Wildman–Crippen MR) is 177 cm³/mol. The number of hydrogen-bond donors (Lipinski definition) is 2. The second-order valence-corrected chi connectivity index (χ2v) is 18.7. The van der Waals surface area contributed by atoms with Crippen LogP contribution in [0.1, 0.15) is 44.5 Å². The Morgan fingerprint density at radius 2 is 1.52 bits per heavy atom. The molecule has 46 heavy (non-hydrogen) atoms. The number of aryl methyl sites for hydroxylation is 2. The van der Waals surface area contributed by atoms with Crippen molar-refractivity contribution < 1.29 is 26.9 Å². The lowest BCUT2D eigenvalue weighted by molar-refractivity contribution is -0.142. The van der Waals surface area contributed by atoms with Crippen LogP contribution in [0.25, 0.3) is 0 Å². The highest BCUT2D eigenvalue weighted by Crippen LogP contribution is 2.45. The van der Waals surface area contributed by atoms with Crippen LogP contribution in [0.3, 0.4) is 0 Å². The highest BCUT2D eigenvalue weighted by atomic mass is 32.2. The Morgan fingerprint density at radius 1 is 0.957 bits per heavy atom. The van der Waals surface area contributed by atoms with Gasteiger partial charge in [0.25, 0.3) is 24.0 Å². The number of benzene rings is 3. The molecule has 5 rings (SSSR count). The molecule has 0 radical (unpaired) electrons. The highest BCUT2D eigenvalue weighted by molar-refractivity contribution is 7.86. The minimum atomic E-state index is -4.27. The first kappa shape index (κ1) is 33.7. The van der Waals surface area contributed by atoms with E-state index in [2.05, 4.69) is 25.8 Å². The normalized spacial score (nSPS) is 20.6. The average molecular weight is 665 g/mol. The molecule has 1 aromatic heterocycles. The lowest BCUT2D eigenvalue weighted by atomic mass is 9.99. The van der Waals surface area contributed by atoms with Gasteiger partial charge in [0.1, 0.15) is 18.4 Å². The van der Waals surface area contributed by atoms with Crippen molar-refractivity contribution in [2.75, 3.05) is 13.2 Å². The van der Waals surface area contributed by atoms with Gasteiger partial charge < -0.3 is 14.3 Å². The van der Waals surface area contributed by atoms with Crippen molar-refractivity contribution in [1.82, 2.24) is 9.55 Å². The topological polar surface area (TPSA) is 137 Å². The second kappa shape index (κ2) is 12.9. The molecular weight excluding hydrogens is 625 g/mol. The average Bonchev–Trinajstić information content (AvgIpc) is 3.39. The van der Waals surface area contributed by atoms with E-state index in [1.165, 1.54) is 22.9 Å². The van der Waals surface area contributed by atoms with E-state index in [1.54, 1.807) is 19.1 Å². The van der Waals surface area contributed by atoms with Gasteiger partial charge in [0.15, 0.2) is 0 Å². The van der Waals surface area contributed by atoms with Gasteiger partial charge in [0.05, 0.1) is 17.6 Å². The third-order valence-corrected chi connectivity index (χ3v) is 14.9. The molecule has 4 aromatic rings. The summed E-state index contributed by atoms with van der Waals surface area (Å²) in [5.41, 5.74) is -1.77. The Hall–Kier alpha value is -3.65. The molecule has 2 N–H and O–H groups in total. The monoisotopic (exact) mass is 664 g/mol. The van der Waals surface area contributed by atoms with E-state index in [0.717, 1.165) is 15.9 Å². The number of rotatable bonds is 10. The van der Waals surface area contributed by atoms with Crippen LogP contribution >= 0.6 is 0 Å². The third-order valence-electron chi connectivity index (χ3n) is 8.60. The van der Waals surface area contributed by atoms with Gasteiger partial charge in [-0.3, -0.25) is 18.5 Å². The van der Waals surface area contributed by atoms with Gasteiger partial charge in [-0.15, -0.1) is 0 Å². The Labute approximate surface area is 269 Å². The molecule has 0 unspecified atom stereocenters. The van der Waals surface area contributed by atoms with Crippen LogP contribution in [0.4, 0.5) is 0 Å². The molecule has 0 bridgehead atoms. The number of ether oxygens (including phenoxy) is 1. The van der Waals surface area contributed by atoms with Gasteiger partial charge in [0, 0.05) is 18.2 Å². The van der Waals surface area contributed by atoms with Crippen molar-refractivity contribution in [1.29, 1.82) is 0 Å². The van der Waals surface area contributed by atoms with E-state index in [9.17, 15) is 23.1 Å². The number of aliphatic hydroxyl groups is 1. The maximum atomic E-state index is 13.4. The summed E-state index contributed by atoms with van der Waals surface area (Å²) in [5, 5.41) is 12.5. The first-order chi connectivity index (χ1) is 21.7. The van der Waals surface area contributed by atoms with Crippen LogP contribution in [0, 0.1) is 13.8 Å². The summed E-state index contributed by atoms with van der Waals surface area (Å²) in [7, 11) is -7.54. The maximum absolute atomic E-state index is 13.4. The Balaban J connectivity index is 1.65. The van der Waals surface area contributed by atoms with Crippen LogP contribution in [0.2, 0.25) is 5.04 Å². The number of aromatic amines is 1. The lowest BCUT2D eigenvalue weighted by Gasteiger charge is -2.46. The summed E-state index contributed by atoms with van der Waals surface area (Å²) in [5.74, 6) is 0. The van der Waals surface area contributed by atoms with Crippen molar-refractivity contribution in [2.45, 2.75) is 68.9 Å². The minimum Gasteiger partial charge on any atom is -0.401 e. The van der Waals surface area contributed by atoms with Crippen LogP contribution in [-0.2, 0) is 23.5 Å². The third kappa shape index (κ3) is 6.33. The largest absolute Gasteiger partial charge is 0.401 e. The molecular formula is C34H40N2O8SSi. The summed E-state index contributed by atoms with van der Waals surface area (Å²) in [6, 6.07) is 26.0. The number of aliphatic hydroxyl groups excluding tert-OH is 1. The minimum absolute atomic E-state index is 0.0438. The van der Waals surface area contributed by atoms with Gasteiger partial charge >= 0.3 is 5.69 Å². The van der Waals surface area contributed by atoms with Crippen molar-refractivity contribution in [3.63, 3.8) is 0 Å². The molecule has 1 aliphatic heterocycles. The molecule has 0 saturated carbocycles. The van der Waals surface area contributed by atoms with Gasteiger partial charge in [0.2, 0.25) is 0 Å². The zero-order valence-electron chi connectivity index (χ0n) is 26.6. The molecule has 244 valence electrons. The van der Waals surface area contributed by atoms with Crippen LogP contribution in [0.15, 0.2) is 106 Å². The number of H-pyrrole nitrogens is 1. The van der Waals surface area contributed by atoms with Crippen molar-refractivity contribution in [3.05, 3.63) is 123 Å². The standard InChI is InChI=1S/C34H40N2O8SSi/c1-24-16-18-26(19-17-24)45(40,41)42-23-34(22-37)29(20-30(43-34)36-21-25(2)31(38)35-32(36)39)44-46(33(3,4)5,27-12-8-6-9-13-27)28-14-10-7-11-15-28/h6-19,21,29-30,37H,20,22-23H2,1-5H3,(H,35,38,39)/t29-,30+,34-/m0/s1. The molecule has 10 nitrogen and oxygen atoms in total. The maximum Gasteiger partial charge on any atom is 0.330 e. The Morgan fingerprint density at radius 3 is 2.04 bits per heavy atom. The Kier molecular flexibility index (Phi) is 9.42. The number of aromatic nitrogens is 2. The molecule has 1 fully saturated rings. The fourth-order valence-corrected chi connectivity index (χ4v) is 11.8. The summed E-state index contributed by atoms with van der Waals surface area (Å²) in [6.07, 6.45) is -0.502. The molecule has 0 spiro atoms. The summed E-state index contributed by atoms with van der Waals surface area (Å²) in [6.45, 7) is 8.45. The molecule has 2 heterocycles. The van der Waals surface area contributed by atoms with Crippen LogP contribution < -0.4 is 21.6 Å². The second-order valence-electron chi connectivity index (χ2n) is 12.8. The highest BCUT2D eigenvalue weighted by Gasteiger charge is 2.58. The van der Waals surface area contributed by atoms with Gasteiger partial charge in [-0.25, -0.2) is 4.79 Å².